The molecule has 0 saturated carbocycles. The summed E-state index contributed by atoms with van der Waals surface area (Å²) < 4.78 is 22.9. The zero-order valence-electron chi connectivity index (χ0n) is 12.5. The van der Waals surface area contributed by atoms with Crippen molar-refractivity contribution in [3.05, 3.63) is 22.4 Å². The van der Waals surface area contributed by atoms with Gasteiger partial charge in [-0.2, -0.15) is 0 Å². The highest BCUT2D eigenvalue weighted by molar-refractivity contribution is 7.91. The molecular formula is C15H22N2O3S2. The molecule has 1 atom stereocenters. The van der Waals surface area contributed by atoms with E-state index in [1.165, 1.54) is 4.88 Å². The average molecular weight is 342 g/mol. The Balaban J connectivity index is 1.43. The molecule has 2 fully saturated rings. The number of thiophene rings is 1. The molecule has 3 rings (SSSR count). The molecule has 0 radical (unpaired) electrons. The van der Waals surface area contributed by atoms with Crippen molar-refractivity contribution >= 4 is 27.1 Å². The highest BCUT2D eigenvalue weighted by atomic mass is 32.2. The Bertz CT molecular complexity index is 605. The van der Waals surface area contributed by atoms with Crippen LogP contribution >= 0.6 is 11.3 Å². The van der Waals surface area contributed by atoms with Crippen LogP contribution in [0.2, 0.25) is 0 Å². The monoisotopic (exact) mass is 342 g/mol. The fraction of sp³-hybridized carbons (Fsp3) is 0.667. The second-order valence-corrected chi connectivity index (χ2v) is 9.50. The lowest BCUT2D eigenvalue weighted by Gasteiger charge is -2.32. The second kappa shape index (κ2) is 6.68. The van der Waals surface area contributed by atoms with E-state index in [4.69, 9.17) is 0 Å². The SMILES string of the molecule is O=C(NC1CCN(Cc2cccs2)CC1)[C@@H]1CCS(=O)(=O)C1. The van der Waals surface area contributed by atoms with Crippen LogP contribution in [-0.4, -0.2) is 49.9 Å². The molecule has 7 heteroatoms. The third-order valence-electron chi connectivity index (χ3n) is 4.50. The molecule has 22 heavy (non-hydrogen) atoms. The highest BCUT2D eigenvalue weighted by Crippen LogP contribution is 2.20. The van der Waals surface area contributed by atoms with E-state index >= 15 is 0 Å². The van der Waals surface area contributed by atoms with Crippen molar-refractivity contribution in [2.45, 2.75) is 31.8 Å². The maximum Gasteiger partial charge on any atom is 0.224 e. The number of rotatable bonds is 4. The van der Waals surface area contributed by atoms with E-state index in [-0.39, 0.29) is 29.4 Å². The number of hydrogen-bond donors (Lipinski definition) is 1. The Morgan fingerprint density at radius 1 is 1.32 bits per heavy atom. The zero-order chi connectivity index (χ0) is 15.6. The first kappa shape index (κ1) is 16.0. The number of carbonyl (C=O) groups excluding carboxylic acids is 1. The topological polar surface area (TPSA) is 66.5 Å². The number of hydrogen-bond acceptors (Lipinski definition) is 5. The van der Waals surface area contributed by atoms with Crippen molar-refractivity contribution in [2.24, 2.45) is 5.92 Å². The highest BCUT2D eigenvalue weighted by Gasteiger charge is 2.34. The molecule has 122 valence electrons. The number of piperidine rings is 1. The molecule has 1 aromatic heterocycles. The summed E-state index contributed by atoms with van der Waals surface area (Å²) in [5.74, 6) is -0.229. The Morgan fingerprint density at radius 3 is 2.68 bits per heavy atom. The maximum atomic E-state index is 12.2. The fourth-order valence-electron chi connectivity index (χ4n) is 3.18. The van der Waals surface area contributed by atoms with Crippen molar-refractivity contribution in [3.8, 4) is 0 Å². The predicted molar refractivity (Wildman–Crippen MR) is 87.5 cm³/mol. The quantitative estimate of drug-likeness (QED) is 0.895. The van der Waals surface area contributed by atoms with Gasteiger partial charge in [-0.3, -0.25) is 9.69 Å². The van der Waals surface area contributed by atoms with E-state index in [0.717, 1.165) is 32.5 Å². The van der Waals surface area contributed by atoms with Crippen molar-refractivity contribution in [2.75, 3.05) is 24.6 Å². The summed E-state index contributed by atoms with van der Waals surface area (Å²) >= 11 is 1.78. The fourth-order valence-corrected chi connectivity index (χ4v) is 5.67. The molecule has 2 saturated heterocycles. The minimum absolute atomic E-state index is 0.0239. The molecule has 2 aliphatic heterocycles. The lowest BCUT2D eigenvalue weighted by atomic mass is 10.0. The molecule has 0 aliphatic carbocycles. The Kier molecular flexibility index (Phi) is 4.84. The Morgan fingerprint density at radius 2 is 2.09 bits per heavy atom. The van der Waals surface area contributed by atoms with Crippen molar-refractivity contribution in [3.63, 3.8) is 0 Å². The molecule has 2 aliphatic rings. The summed E-state index contributed by atoms with van der Waals surface area (Å²) in [4.78, 5) is 15.9. The molecule has 1 amide bonds. The van der Waals surface area contributed by atoms with E-state index in [2.05, 4.69) is 27.7 Å². The van der Waals surface area contributed by atoms with Crippen LogP contribution in [0.1, 0.15) is 24.1 Å². The Labute approximate surface area is 135 Å². The summed E-state index contributed by atoms with van der Waals surface area (Å²) in [5.41, 5.74) is 0. The van der Waals surface area contributed by atoms with Crippen LogP contribution in [0.25, 0.3) is 0 Å². The van der Waals surface area contributed by atoms with E-state index in [0.29, 0.717) is 6.42 Å². The van der Waals surface area contributed by atoms with E-state index < -0.39 is 9.84 Å². The molecule has 0 spiro atoms. The van der Waals surface area contributed by atoms with Crippen LogP contribution in [0.5, 0.6) is 0 Å². The van der Waals surface area contributed by atoms with Gasteiger partial charge in [0.05, 0.1) is 17.4 Å². The standard InChI is InChI=1S/C15H22N2O3S2/c18-15(12-5-9-22(19,20)11-12)16-13-3-6-17(7-4-13)10-14-2-1-8-21-14/h1-2,8,12-13H,3-7,9-11H2,(H,16,18)/t12-/m1/s1. The molecule has 1 N–H and O–H groups in total. The van der Waals surface area contributed by atoms with Crippen molar-refractivity contribution < 1.29 is 13.2 Å². The summed E-state index contributed by atoms with van der Waals surface area (Å²) in [6, 6.07) is 4.41. The van der Waals surface area contributed by atoms with Gasteiger partial charge in [-0.25, -0.2) is 8.42 Å². The van der Waals surface area contributed by atoms with Gasteiger partial charge in [0.1, 0.15) is 0 Å². The summed E-state index contributed by atoms with van der Waals surface area (Å²) in [6.45, 7) is 2.94. The third kappa shape index (κ3) is 4.08. The van der Waals surface area contributed by atoms with Gasteiger partial charge in [-0.05, 0) is 30.7 Å². The smallest absolute Gasteiger partial charge is 0.224 e. The summed E-state index contributed by atoms with van der Waals surface area (Å²) in [7, 11) is -2.99. The molecule has 0 unspecified atom stereocenters. The summed E-state index contributed by atoms with van der Waals surface area (Å²) in [6.07, 6.45) is 2.36. The minimum atomic E-state index is -2.99. The normalized spacial score (nSPS) is 26.1. The molecule has 0 bridgehead atoms. The van der Waals surface area contributed by atoms with Crippen LogP contribution in [0.4, 0.5) is 0 Å². The molecular weight excluding hydrogens is 320 g/mol. The zero-order valence-corrected chi connectivity index (χ0v) is 14.2. The van der Waals surface area contributed by atoms with Crippen LogP contribution < -0.4 is 5.32 Å². The maximum absolute atomic E-state index is 12.2. The first-order valence-electron chi connectivity index (χ1n) is 7.77. The van der Waals surface area contributed by atoms with Gasteiger partial charge in [0, 0.05) is 30.6 Å². The number of carbonyl (C=O) groups is 1. The number of nitrogens with zero attached hydrogens (tertiary/aromatic N) is 1. The van der Waals surface area contributed by atoms with Gasteiger partial charge < -0.3 is 5.32 Å². The van der Waals surface area contributed by atoms with Gasteiger partial charge in [0.15, 0.2) is 9.84 Å². The predicted octanol–water partition coefficient (Wildman–Crippen LogP) is 1.26. The molecule has 3 heterocycles. The minimum Gasteiger partial charge on any atom is -0.353 e. The lowest BCUT2D eigenvalue weighted by Crippen LogP contribution is -2.46. The largest absolute Gasteiger partial charge is 0.353 e. The van der Waals surface area contributed by atoms with Gasteiger partial charge >= 0.3 is 0 Å². The van der Waals surface area contributed by atoms with Crippen molar-refractivity contribution in [1.82, 2.24) is 10.2 Å². The third-order valence-corrected chi connectivity index (χ3v) is 7.13. The average Bonchev–Trinajstić information content (AvgIpc) is 3.10. The van der Waals surface area contributed by atoms with E-state index in [1.54, 1.807) is 11.3 Å². The van der Waals surface area contributed by atoms with Gasteiger partial charge in [0.25, 0.3) is 0 Å². The molecule has 1 aromatic rings. The molecule has 5 nitrogen and oxygen atoms in total. The van der Waals surface area contributed by atoms with E-state index in [1.807, 2.05) is 0 Å². The van der Waals surface area contributed by atoms with Gasteiger partial charge in [0.2, 0.25) is 5.91 Å². The van der Waals surface area contributed by atoms with Crippen LogP contribution in [0.15, 0.2) is 17.5 Å². The van der Waals surface area contributed by atoms with Crippen molar-refractivity contribution in [1.29, 1.82) is 0 Å². The Hall–Kier alpha value is -0.920. The first-order chi connectivity index (χ1) is 10.5. The first-order valence-corrected chi connectivity index (χ1v) is 10.5. The van der Waals surface area contributed by atoms with E-state index in [9.17, 15) is 13.2 Å². The van der Waals surface area contributed by atoms with Gasteiger partial charge in [-0.1, -0.05) is 6.07 Å². The van der Waals surface area contributed by atoms with Crippen LogP contribution in [0.3, 0.4) is 0 Å². The van der Waals surface area contributed by atoms with Crippen LogP contribution in [0, 0.1) is 5.92 Å². The van der Waals surface area contributed by atoms with Gasteiger partial charge in [-0.15, -0.1) is 11.3 Å². The molecule has 0 aromatic carbocycles. The summed E-state index contributed by atoms with van der Waals surface area (Å²) in [5, 5.41) is 5.15. The number of sulfone groups is 1. The number of likely N-dealkylation sites (tertiary alicyclic amines) is 1. The number of amides is 1. The lowest BCUT2D eigenvalue weighted by molar-refractivity contribution is -0.125. The van der Waals surface area contributed by atoms with Crippen LogP contribution in [-0.2, 0) is 21.2 Å². The number of nitrogens with one attached hydrogen (secondary N) is 1. The second-order valence-electron chi connectivity index (χ2n) is 6.24.